The first-order valence-electron chi connectivity index (χ1n) is 6.17. The highest BCUT2D eigenvalue weighted by Crippen LogP contribution is 2.38. The average Bonchev–Trinajstić information content (AvgIpc) is 2.22. The van der Waals surface area contributed by atoms with Gasteiger partial charge in [-0.15, -0.1) is 0 Å². The number of aliphatic carboxylic acids is 2. The predicted molar refractivity (Wildman–Crippen MR) is 68.9 cm³/mol. The molecule has 20 heavy (non-hydrogen) atoms. The Morgan fingerprint density at radius 2 is 1.55 bits per heavy atom. The van der Waals surface area contributed by atoms with Crippen molar-refractivity contribution in [3.8, 4) is 0 Å². The maximum absolute atomic E-state index is 10.9. The minimum atomic E-state index is -2.22. The van der Waals surface area contributed by atoms with Crippen LogP contribution in [0.25, 0.3) is 0 Å². The van der Waals surface area contributed by atoms with E-state index in [9.17, 15) is 19.8 Å². The van der Waals surface area contributed by atoms with Gasteiger partial charge in [0.15, 0.2) is 12.0 Å². The Labute approximate surface area is 117 Å². The number of azo groups is 1. The molecule has 2 atom stereocenters. The zero-order chi connectivity index (χ0) is 16.1. The minimum absolute atomic E-state index is 0.268. The second-order valence-electron chi connectivity index (χ2n) is 5.71. The van der Waals surface area contributed by atoms with E-state index in [1.807, 2.05) is 0 Å². The maximum Gasteiger partial charge on any atom is 0.308 e. The summed E-state index contributed by atoms with van der Waals surface area (Å²) < 4.78 is 0. The van der Waals surface area contributed by atoms with Crippen LogP contribution >= 0.6 is 0 Å². The van der Waals surface area contributed by atoms with Crippen LogP contribution in [0.2, 0.25) is 0 Å². The van der Waals surface area contributed by atoms with Crippen molar-refractivity contribution in [3.63, 3.8) is 0 Å². The van der Waals surface area contributed by atoms with Crippen molar-refractivity contribution in [1.29, 1.82) is 0 Å². The molecule has 2 unspecified atom stereocenters. The molecule has 8 nitrogen and oxygen atoms in total. The fraction of sp³-hybridized carbons (Fsp3) is 0.833. The highest BCUT2D eigenvalue weighted by molar-refractivity contribution is 5.70. The summed E-state index contributed by atoms with van der Waals surface area (Å²) >= 11 is 0. The van der Waals surface area contributed by atoms with Crippen molar-refractivity contribution in [2.24, 2.45) is 21.6 Å². The van der Waals surface area contributed by atoms with Gasteiger partial charge in [-0.3, -0.25) is 9.59 Å². The first-order chi connectivity index (χ1) is 8.91. The summed E-state index contributed by atoms with van der Waals surface area (Å²) in [5.74, 6) is -2.81. The molecule has 0 rings (SSSR count). The second kappa shape index (κ2) is 6.76. The van der Waals surface area contributed by atoms with Gasteiger partial charge in [0.05, 0.1) is 12.8 Å². The molecule has 0 spiro atoms. The van der Waals surface area contributed by atoms with Crippen molar-refractivity contribution >= 4 is 11.9 Å². The quantitative estimate of drug-likeness (QED) is 0.493. The second-order valence-corrected chi connectivity index (χ2v) is 5.71. The first kappa shape index (κ1) is 18.5. The summed E-state index contributed by atoms with van der Waals surface area (Å²) in [5, 5.41) is 44.6. The molecule has 0 aliphatic carbocycles. The normalized spacial score (nSPS) is 17.1. The molecule has 0 saturated carbocycles. The average molecular weight is 290 g/mol. The van der Waals surface area contributed by atoms with E-state index in [-0.39, 0.29) is 5.92 Å². The van der Waals surface area contributed by atoms with Gasteiger partial charge in [0, 0.05) is 11.3 Å². The third-order valence-electron chi connectivity index (χ3n) is 3.01. The predicted octanol–water partition coefficient (Wildman–Crippen LogP) is 1.08. The molecule has 8 heteroatoms. The van der Waals surface area contributed by atoms with E-state index in [4.69, 9.17) is 10.2 Å². The lowest BCUT2D eigenvalue weighted by Crippen LogP contribution is -2.46. The summed E-state index contributed by atoms with van der Waals surface area (Å²) in [6.07, 6.45) is -2.49. The third-order valence-corrected chi connectivity index (χ3v) is 3.01. The molecular weight excluding hydrogens is 268 g/mol. The van der Waals surface area contributed by atoms with Crippen molar-refractivity contribution in [2.75, 3.05) is 0 Å². The van der Waals surface area contributed by atoms with E-state index < -0.39 is 42.1 Å². The molecule has 0 aromatic heterocycles. The summed E-state index contributed by atoms with van der Waals surface area (Å²) in [6, 6.07) is 0. The van der Waals surface area contributed by atoms with E-state index in [0.29, 0.717) is 0 Å². The Morgan fingerprint density at radius 1 is 1.10 bits per heavy atom. The Bertz CT molecular complexity index is 393. The standard InChI is InChI=1S/C12H22N2O6/c1-7(2)10(19)13-14-12(20,6-9(17)18)11(3,4)5-8(15)16/h7,10,19-20H,5-6H2,1-4H3,(H,15,16)(H,17,18). The van der Waals surface area contributed by atoms with Crippen LogP contribution in [-0.2, 0) is 9.59 Å². The highest BCUT2D eigenvalue weighted by Gasteiger charge is 2.47. The summed E-state index contributed by atoms with van der Waals surface area (Å²) in [4.78, 5) is 21.7. The Hall–Kier alpha value is -1.54. The van der Waals surface area contributed by atoms with Crippen LogP contribution < -0.4 is 0 Å². The summed E-state index contributed by atoms with van der Waals surface area (Å²) in [5.41, 5.74) is -3.58. The van der Waals surface area contributed by atoms with Crippen LogP contribution in [0.3, 0.4) is 0 Å². The van der Waals surface area contributed by atoms with Crippen molar-refractivity contribution < 1.29 is 30.0 Å². The van der Waals surface area contributed by atoms with Gasteiger partial charge in [-0.05, 0) is 0 Å². The number of aliphatic hydroxyl groups excluding tert-OH is 1. The van der Waals surface area contributed by atoms with E-state index >= 15 is 0 Å². The number of hydrogen-bond donors (Lipinski definition) is 4. The lowest BCUT2D eigenvalue weighted by atomic mass is 9.76. The van der Waals surface area contributed by atoms with E-state index in [0.717, 1.165) is 0 Å². The van der Waals surface area contributed by atoms with Gasteiger partial charge < -0.3 is 20.4 Å². The van der Waals surface area contributed by atoms with Gasteiger partial charge in [-0.25, -0.2) is 0 Å². The van der Waals surface area contributed by atoms with Gasteiger partial charge >= 0.3 is 11.9 Å². The van der Waals surface area contributed by atoms with Crippen LogP contribution in [0.15, 0.2) is 10.2 Å². The summed E-state index contributed by atoms with van der Waals surface area (Å²) in [7, 11) is 0. The molecule has 0 aliphatic rings. The molecule has 0 aromatic carbocycles. The molecule has 0 saturated heterocycles. The number of nitrogens with zero attached hydrogens (tertiary/aromatic N) is 2. The smallest absolute Gasteiger partial charge is 0.308 e. The van der Waals surface area contributed by atoms with Crippen LogP contribution in [0, 0.1) is 11.3 Å². The zero-order valence-corrected chi connectivity index (χ0v) is 12.1. The molecule has 0 heterocycles. The molecule has 0 bridgehead atoms. The largest absolute Gasteiger partial charge is 0.481 e. The minimum Gasteiger partial charge on any atom is -0.481 e. The highest BCUT2D eigenvalue weighted by atomic mass is 16.4. The number of carboxylic acid groups (broad SMARTS) is 2. The fourth-order valence-corrected chi connectivity index (χ4v) is 1.43. The molecule has 0 radical (unpaired) electrons. The van der Waals surface area contributed by atoms with Crippen LogP contribution in [0.1, 0.15) is 40.5 Å². The number of carbonyl (C=O) groups is 2. The van der Waals surface area contributed by atoms with E-state index in [1.54, 1.807) is 13.8 Å². The Morgan fingerprint density at radius 3 is 1.90 bits per heavy atom. The molecule has 0 aromatic rings. The summed E-state index contributed by atoms with van der Waals surface area (Å²) in [6.45, 7) is 6.10. The molecule has 0 fully saturated rings. The van der Waals surface area contributed by atoms with Gasteiger partial charge in [-0.2, -0.15) is 10.2 Å². The first-order valence-corrected chi connectivity index (χ1v) is 6.17. The number of hydrogen-bond acceptors (Lipinski definition) is 6. The van der Waals surface area contributed by atoms with Gasteiger partial charge in [0.25, 0.3) is 0 Å². The lowest BCUT2D eigenvalue weighted by Gasteiger charge is -2.36. The third kappa shape index (κ3) is 5.22. The SMILES string of the molecule is CC(C)C(O)N=NC(O)(CC(=O)O)C(C)(C)CC(=O)O. The molecular formula is C12H22N2O6. The lowest BCUT2D eigenvalue weighted by molar-refractivity contribution is -0.157. The van der Waals surface area contributed by atoms with Crippen LogP contribution in [0.5, 0.6) is 0 Å². The molecule has 0 aliphatic heterocycles. The van der Waals surface area contributed by atoms with Gasteiger partial charge in [0.2, 0.25) is 0 Å². The van der Waals surface area contributed by atoms with Crippen LogP contribution in [0.4, 0.5) is 0 Å². The fourth-order valence-electron chi connectivity index (χ4n) is 1.43. The van der Waals surface area contributed by atoms with Crippen molar-refractivity contribution in [1.82, 2.24) is 0 Å². The maximum atomic E-state index is 10.9. The topological polar surface area (TPSA) is 140 Å². The number of rotatable bonds is 8. The Balaban J connectivity index is 5.39. The van der Waals surface area contributed by atoms with E-state index in [2.05, 4.69) is 10.2 Å². The number of carboxylic acids is 2. The van der Waals surface area contributed by atoms with Crippen molar-refractivity contribution in [3.05, 3.63) is 0 Å². The number of aliphatic hydroxyl groups is 2. The van der Waals surface area contributed by atoms with Gasteiger partial charge in [-0.1, -0.05) is 27.7 Å². The zero-order valence-electron chi connectivity index (χ0n) is 12.1. The Kier molecular flexibility index (Phi) is 6.24. The monoisotopic (exact) mass is 290 g/mol. The molecule has 0 amide bonds. The molecule has 116 valence electrons. The van der Waals surface area contributed by atoms with Crippen molar-refractivity contribution in [2.45, 2.75) is 52.5 Å². The van der Waals surface area contributed by atoms with E-state index in [1.165, 1.54) is 13.8 Å². The molecule has 4 N–H and O–H groups in total. The van der Waals surface area contributed by atoms with Crippen LogP contribution in [-0.4, -0.2) is 44.3 Å². The van der Waals surface area contributed by atoms with Gasteiger partial charge in [0.1, 0.15) is 0 Å².